The lowest BCUT2D eigenvalue weighted by Crippen LogP contribution is -2.45. The number of benzene rings is 2. The van der Waals surface area contributed by atoms with Crippen molar-refractivity contribution < 1.29 is 13.2 Å². The van der Waals surface area contributed by atoms with Crippen LogP contribution >= 0.6 is 12.4 Å². The van der Waals surface area contributed by atoms with Crippen molar-refractivity contribution in [3.63, 3.8) is 0 Å². The van der Waals surface area contributed by atoms with Gasteiger partial charge in [-0.15, -0.1) is 12.4 Å². The van der Waals surface area contributed by atoms with E-state index in [1.807, 2.05) is 26.0 Å². The zero-order chi connectivity index (χ0) is 19.6. The average molecular weight is 424 g/mol. The summed E-state index contributed by atoms with van der Waals surface area (Å²) in [6, 6.07) is 11.5. The van der Waals surface area contributed by atoms with E-state index >= 15 is 0 Å². The van der Waals surface area contributed by atoms with Crippen LogP contribution in [-0.2, 0) is 10.0 Å². The Labute approximate surface area is 172 Å². The third-order valence-electron chi connectivity index (χ3n) is 5.01. The van der Waals surface area contributed by atoms with Crippen LogP contribution in [0.1, 0.15) is 34.3 Å². The van der Waals surface area contributed by atoms with Crippen molar-refractivity contribution in [3.8, 4) is 0 Å². The molecule has 2 aromatic carbocycles. The van der Waals surface area contributed by atoms with Crippen LogP contribution in [0.25, 0.3) is 0 Å². The monoisotopic (exact) mass is 423 g/mol. The second-order valence-corrected chi connectivity index (χ2v) is 8.71. The van der Waals surface area contributed by atoms with Crippen LogP contribution in [0.5, 0.6) is 0 Å². The smallest absolute Gasteiger partial charge is 0.261 e. The molecule has 1 unspecified atom stereocenters. The van der Waals surface area contributed by atoms with Crippen LogP contribution < -0.4 is 10.5 Å². The number of carbonyl (C=O) groups is 1. The van der Waals surface area contributed by atoms with Crippen molar-refractivity contribution in [3.05, 3.63) is 59.2 Å². The number of halogens is 1. The van der Waals surface area contributed by atoms with E-state index in [1.54, 1.807) is 23.1 Å². The number of hydrogen-bond donors (Lipinski definition) is 2. The summed E-state index contributed by atoms with van der Waals surface area (Å²) in [4.78, 5) is 14.4. The number of piperidine rings is 1. The average Bonchev–Trinajstić information content (AvgIpc) is 2.65. The van der Waals surface area contributed by atoms with E-state index < -0.39 is 10.0 Å². The van der Waals surface area contributed by atoms with Crippen molar-refractivity contribution in [2.24, 2.45) is 5.73 Å². The number of nitrogens with one attached hydrogen (secondary N) is 1. The topological polar surface area (TPSA) is 92.5 Å². The second-order valence-electron chi connectivity index (χ2n) is 7.03. The van der Waals surface area contributed by atoms with Crippen molar-refractivity contribution >= 4 is 34.0 Å². The van der Waals surface area contributed by atoms with E-state index in [1.165, 1.54) is 12.1 Å². The predicted molar refractivity (Wildman–Crippen MR) is 114 cm³/mol. The highest BCUT2D eigenvalue weighted by atomic mass is 35.5. The molecule has 1 aliphatic heterocycles. The fourth-order valence-corrected chi connectivity index (χ4v) is 4.34. The summed E-state index contributed by atoms with van der Waals surface area (Å²) in [5.41, 5.74) is 8.85. The van der Waals surface area contributed by atoms with Gasteiger partial charge in [-0.05, 0) is 68.1 Å². The highest BCUT2D eigenvalue weighted by molar-refractivity contribution is 7.92. The zero-order valence-electron chi connectivity index (χ0n) is 16.0. The molecular weight excluding hydrogens is 398 g/mol. The van der Waals surface area contributed by atoms with E-state index in [4.69, 9.17) is 5.73 Å². The van der Waals surface area contributed by atoms with Crippen LogP contribution in [0.4, 0.5) is 5.69 Å². The van der Waals surface area contributed by atoms with Gasteiger partial charge >= 0.3 is 0 Å². The first-order chi connectivity index (χ1) is 12.8. The molecule has 3 rings (SSSR count). The summed E-state index contributed by atoms with van der Waals surface area (Å²) in [5.74, 6) is -0.114. The number of rotatable bonds is 4. The van der Waals surface area contributed by atoms with Crippen LogP contribution in [0.3, 0.4) is 0 Å². The quantitative estimate of drug-likeness (QED) is 0.790. The number of anilines is 1. The Bertz CT molecular complexity index is 946. The summed E-state index contributed by atoms with van der Waals surface area (Å²) in [5, 5.41) is 0. The van der Waals surface area contributed by atoms with Crippen LogP contribution in [-0.4, -0.2) is 38.4 Å². The molecule has 0 radical (unpaired) electrons. The van der Waals surface area contributed by atoms with Crippen molar-refractivity contribution in [2.45, 2.75) is 37.6 Å². The lowest BCUT2D eigenvalue weighted by atomic mass is 10.1. The van der Waals surface area contributed by atoms with Gasteiger partial charge in [-0.3, -0.25) is 9.52 Å². The van der Waals surface area contributed by atoms with Gasteiger partial charge in [-0.1, -0.05) is 12.1 Å². The van der Waals surface area contributed by atoms with Crippen molar-refractivity contribution in [2.75, 3.05) is 17.8 Å². The maximum Gasteiger partial charge on any atom is 0.261 e. The molecule has 152 valence electrons. The number of hydrogen-bond acceptors (Lipinski definition) is 4. The minimum atomic E-state index is -3.72. The first-order valence-corrected chi connectivity index (χ1v) is 10.5. The SMILES string of the molecule is Cc1cccc(NS(=O)(=O)c2ccc(C(=O)N3CCCC(N)C3)cc2)c1C.Cl. The number of carbonyl (C=O) groups excluding carboxylic acids is 1. The van der Waals surface area contributed by atoms with Gasteiger partial charge in [0, 0.05) is 24.7 Å². The van der Waals surface area contributed by atoms with Gasteiger partial charge in [-0.2, -0.15) is 0 Å². The van der Waals surface area contributed by atoms with Gasteiger partial charge in [0.2, 0.25) is 0 Å². The molecule has 8 heteroatoms. The Balaban J connectivity index is 0.00000280. The molecule has 1 heterocycles. The highest BCUT2D eigenvalue weighted by Crippen LogP contribution is 2.22. The first-order valence-electron chi connectivity index (χ1n) is 9.02. The van der Waals surface area contributed by atoms with Crippen molar-refractivity contribution in [1.82, 2.24) is 4.90 Å². The third-order valence-corrected chi connectivity index (χ3v) is 6.39. The second kappa shape index (κ2) is 8.94. The summed E-state index contributed by atoms with van der Waals surface area (Å²) in [6.45, 7) is 5.02. The Kier molecular flexibility index (Phi) is 7.09. The van der Waals surface area contributed by atoms with Gasteiger partial charge in [0.25, 0.3) is 15.9 Å². The van der Waals surface area contributed by atoms with Gasteiger partial charge in [-0.25, -0.2) is 8.42 Å². The van der Waals surface area contributed by atoms with Crippen molar-refractivity contribution in [1.29, 1.82) is 0 Å². The van der Waals surface area contributed by atoms with Gasteiger partial charge in [0.15, 0.2) is 0 Å². The van der Waals surface area contributed by atoms with Gasteiger partial charge < -0.3 is 10.6 Å². The maximum atomic E-state index is 12.7. The van der Waals surface area contributed by atoms with E-state index in [-0.39, 0.29) is 29.3 Å². The zero-order valence-corrected chi connectivity index (χ0v) is 17.6. The largest absolute Gasteiger partial charge is 0.337 e. The molecule has 0 spiro atoms. The van der Waals surface area contributed by atoms with E-state index in [0.29, 0.717) is 24.3 Å². The Morgan fingerprint density at radius 3 is 2.46 bits per heavy atom. The van der Waals surface area contributed by atoms with E-state index in [2.05, 4.69) is 4.72 Å². The standard InChI is InChI=1S/C20H25N3O3S.ClH/c1-14-5-3-7-19(15(14)2)22-27(25,26)18-10-8-16(9-11-18)20(24)23-12-4-6-17(21)13-23;/h3,5,7-11,17,22H,4,6,12-13,21H2,1-2H3;1H. The number of sulfonamides is 1. The predicted octanol–water partition coefficient (Wildman–Crippen LogP) is 3.09. The minimum absolute atomic E-state index is 0. The molecule has 1 amide bonds. The third kappa shape index (κ3) is 4.84. The fraction of sp³-hybridized carbons (Fsp3) is 0.350. The fourth-order valence-electron chi connectivity index (χ4n) is 3.22. The summed E-state index contributed by atoms with van der Waals surface area (Å²) in [6.07, 6.45) is 1.81. The molecule has 28 heavy (non-hydrogen) atoms. The normalized spacial score (nSPS) is 17.0. The molecule has 1 aliphatic rings. The lowest BCUT2D eigenvalue weighted by molar-refractivity contribution is 0.0708. The molecule has 6 nitrogen and oxygen atoms in total. The minimum Gasteiger partial charge on any atom is -0.337 e. The number of likely N-dealkylation sites (tertiary alicyclic amines) is 1. The molecule has 1 atom stereocenters. The molecule has 0 aromatic heterocycles. The van der Waals surface area contributed by atoms with Gasteiger partial charge in [0.05, 0.1) is 10.6 Å². The van der Waals surface area contributed by atoms with E-state index in [0.717, 1.165) is 24.0 Å². The number of aryl methyl sites for hydroxylation is 1. The summed E-state index contributed by atoms with van der Waals surface area (Å²) < 4.78 is 28.0. The molecule has 0 bridgehead atoms. The van der Waals surface area contributed by atoms with Crippen LogP contribution in [0.15, 0.2) is 47.4 Å². The first kappa shape index (κ1) is 22.2. The van der Waals surface area contributed by atoms with E-state index in [9.17, 15) is 13.2 Å². The molecule has 3 N–H and O–H groups in total. The van der Waals surface area contributed by atoms with Gasteiger partial charge in [0.1, 0.15) is 0 Å². The number of nitrogens with two attached hydrogens (primary N) is 1. The molecule has 2 aromatic rings. The molecular formula is C20H26ClN3O3S. The Morgan fingerprint density at radius 1 is 1.14 bits per heavy atom. The summed E-state index contributed by atoms with van der Waals surface area (Å²) in [7, 11) is -3.72. The highest BCUT2D eigenvalue weighted by Gasteiger charge is 2.23. The summed E-state index contributed by atoms with van der Waals surface area (Å²) >= 11 is 0. The van der Waals surface area contributed by atoms with Crippen LogP contribution in [0.2, 0.25) is 0 Å². The Morgan fingerprint density at radius 2 is 1.82 bits per heavy atom. The Hall–Kier alpha value is -2.09. The molecule has 1 fully saturated rings. The number of nitrogens with zero attached hydrogens (tertiary/aromatic N) is 1. The molecule has 0 saturated carbocycles. The number of amides is 1. The molecule has 0 aliphatic carbocycles. The molecule has 1 saturated heterocycles. The van der Waals surface area contributed by atoms with Crippen LogP contribution in [0, 0.1) is 13.8 Å². The maximum absolute atomic E-state index is 12.7. The lowest BCUT2D eigenvalue weighted by Gasteiger charge is -2.30.